The number of hydrogen-bond donors (Lipinski definition) is 1. The Bertz CT molecular complexity index is 925. The molecular formula is C16H16N2O3S2. The van der Waals surface area contributed by atoms with E-state index in [1.807, 2.05) is 26.0 Å². The first kappa shape index (κ1) is 15.8. The van der Waals surface area contributed by atoms with E-state index in [9.17, 15) is 8.42 Å². The van der Waals surface area contributed by atoms with Crippen LogP contribution < -0.4 is 4.72 Å². The molecule has 120 valence electrons. The highest BCUT2D eigenvalue weighted by molar-refractivity contribution is 7.93. The normalized spacial score (nSPS) is 11.6. The summed E-state index contributed by atoms with van der Waals surface area (Å²) in [6.07, 6.45) is 1.51. The van der Waals surface area contributed by atoms with E-state index in [0.717, 1.165) is 10.4 Å². The molecule has 0 radical (unpaired) electrons. The van der Waals surface area contributed by atoms with Crippen LogP contribution in [0, 0.1) is 20.8 Å². The number of nitrogens with one attached hydrogen (secondary N) is 1. The molecule has 3 rings (SSSR count). The van der Waals surface area contributed by atoms with Crippen molar-refractivity contribution in [3.63, 3.8) is 0 Å². The van der Waals surface area contributed by atoms with E-state index in [1.54, 1.807) is 25.1 Å². The monoisotopic (exact) mass is 348 g/mol. The minimum Gasteiger partial charge on any atom is -0.356 e. The van der Waals surface area contributed by atoms with Gasteiger partial charge < -0.3 is 4.52 Å². The Morgan fingerprint density at radius 2 is 1.74 bits per heavy atom. The van der Waals surface area contributed by atoms with Gasteiger partial charge in [0, 0.05) is 21.5 Å². The highest BCUT2D eigenvalue weighted by Crippen LogP contribution is 2.39. The van der Waals surface area contributed by atoms with Crippen molar-refractivity contribution in [1.29, 1.82) is 0 Å². The number of hydrogen-bond acceptors (Lipinski definition) is 5. The molecule has 1 aromatic carbocycles. The zero-order valence-corrected chi connectivity index (χ0v) is 14.6. The van der Waals surface area contributed by atoms with Gasteiger partial charge in [-0.2, -0.15) is 0 Å². The predicted octanol–water partition coefficient (Wildman–Crippen LogP) is 4.13. The third kappa shape index (κ3) is 3.02. The molecular weight excluding hydrogens is 332 g/mol. The quantitative estimate of drug-likeness (QED) is 0.769. The van der Waals surface area contributed by atoms with Crippen LogP contribution in [-0.2, 0) is 10.0 Å². The van der Waals surface area contributed by atoms with Crippen LogP contribution in [0.2, 0.25) is 0 Å². The fraction of sp³-hybridized carbons (Fsp3) is 0.188. The molecule has 2 aromatic heterocycles. The minimum absolute atomic E-state index is 0.248. The van der Waals surface area contributed by atoms with Crippen molar-refractivity contribution in [2.24, 2.45) is 0 Å². The van der Waals surface area contributed by atoms with Crippen LogP contribution in [0.1, 0.15) is 15.3 Å². The smallest absolute Gasteiger partial charge is 0.263 e. The van der Waals surface area contributed by atoms with Crippen LogP contribution in [0.5, 0.6) is 0 Å². The van der Waals surface area contributed by atoms with Crippen LogP contribution in [0.25, 0.3) is 11.3 Å². The van der Waals surface area contributed by atoms with Crippen LogP contribution >= 0.6 is 11.3 Å². The van der Waals surface area contributed by atoms with E-state index in [0.29, 0.717) is 21.9 Å². The number of aryl methyl sites for hydroxylation is 3. The van der Waals surface area contributed by atoms with Gasteiger partial charge in [-0.15, -0.1) is 11.3 Å². The second kappa shape index (κ2) is 5.82. The van der Waals surface area contributed by atoms with Crippen molar-refractivity contribution in [1.82, 2.24) is 5.16 Å². The molecule has 1 N–H and O–H groups in total. The Hall–Kier alpha value is -2.12. The second-order valence-electron chi connectivity index (χ2n) is 5.27. The molecule has 0 spiro atoms. The number of rotatable bonds is 4. The first-order valence-electron chi connectivity index (χ1n) is 6.99. The first-order valence-corrected chi connectivity index (χ1v) is 9.29. The Morgan fingerprint density at radius 3 is 2.35 bits per heavy atom. The van der Waals surface area contributed by atoms with Crippen LogP contribution in [0.15, 0.2) is 45.9 Å². The molecule has 0 aliphatic carbocycles. The molecule has 2 heterocycles. The lowest BCUT2D eigenvalue weighted by atomic mass is 10.2. The summed E-state index contributed by atoms with van der Waals surface area (Å²) in [7, 11) is -3.72. The van der Waals surface area contributed by atoms with Crippen molar-refractivity contribution in [2.75, 3.05) is 4.72 Å². The number of anilines is 1. The topological polar surface area (TPSA) is 72.2 Å². The Balaban J connectivity index is 2.08. The zero-order valence-electron chi connectivity index (χ0n) is 13.0. The van der Waals surface area contributed by atoms with Crippen molar-refractivity contribution in [3.05, 3.63) is 51.8 Å². The van der Waals surface area contributed by atoms with Gasteiger partial charge in [-0.05, 0) is 32.9 Å². The van der Waals surface area contributed by atoms with Crippen molar-refractivity contribution in [2.45, 2.75) is 25.7 Å². The average Bonchev–Trinajstić information content (AvgIpc) is 3.08. The van der Waals surface area contributed by atoms with E-state index in [1.165, 1.54) is 17.5 Å². The van der Waals surface area contributed by atoms with Crippen molar-refractivity contribution >= 4 is 27.0 Å². The van der Waals surface area contributed by atoms with E-state index in [2.05, 4.69) is 9.88 Å². The fourth-order valence-corrected chi connectivity index (χ4v) is 5.37. The molecule has 0 amide bonds. The van der Waals surface area contributed by atoms with Gasteiger partial charge in [0.05, 0.1) is 11.8 Å². The largest absolute Gasteiger partial charge is 0.356 e. The van der Waals surface area contributed by atoms with Gasteiger partial charge in [0.2, 0.25) is 0 Å². The number of thiophene rings is 1. The number of sulfonamides is 1. The summed E-state index contributed by atoms with van der Waals surface area (Å²) in [5.41, 5.74) is 2.17. The Kier molecular flexibility index (Phi) is 3.99. The van der Waals surface area contributed by atoms with Crippen molar-refractivity contribution < 1.29 is 12.9 Å². The molecule has 0 unspecified atom stereocenters. The maximum absolute atomic E-state index is 12.9. The molecule has 0 aliphatic heterocycles. The Morgan fingerprint density at radius 1 is 1.04 bits per heavy atom. The number of benzene rings is 1. The lowest BCUT2D eigenvalue weighted by molar-refractivity contribution is 0.431. The standard InChI is InChI=1S/C16H16N2O3S2/c1-10-4-6-13(7-5-10)18-23(19,20)16-12(3)22-11(2)15(16)14-8-9-17-21-14/h4-9,18H,1-3H3. The Labute approximate surface area is 139 Å². The highest BCUT2D eigenvalue weighted by Gasteiger charge is 2.28. The van der Waals surface area contributed by atoms with Crippen LogP contribution in [-0.4, -0.2) is 13.6 Å². The molecule has 5 nitrogen and oxygen atoms in total. The summed E-state index contributed by atoms with van der Waals surface area (Å²) in [6.45, 7) is 5.62. The molecule has 3 aromatic rings. The van der Waals surface area contributed by atoms with E-state index in [-0.39, 0.29) is 4.90 Å². The SMILES string of the molecule is Cc1ccc(NS(=O)(=O)c2c(C)sc(C)c2-c2ccno2)cc1. The summed E-state index contributed by atoms with van der Waals surface area (Å²) in [4.78, 5) is 1.84. The summed E-state index contributed by atoms with van der Waals surface area (Å²) >= 11 is 1.43. The van der Waals surface area contributed by atoms with Gasteiger partial charge in [-0.1, -0.05) is 22.9 Å². The third-order valence-corrected chi connectivity index (χ3v) is 6.16. The zero-order chi connectivity index (χ0) is 16.6. The lowest BCUT2D eigenvalue weighted by Gasteiger charge is -2.10. The third-order valence-electron chi connectivity index (χ3n) is 3.46. The molecule has 0 atom stereocenters. The first-order chi connectivity index (χ1) is 10.9. The average molecular weight is 348 g/mol. The molecule has 0 aliphatic rings. The summed E-state index contributed by atoms with van der Waals surface area (Å²) in [6, 6.07) is 8.88. The van der Waals surface area contributed by atoms with Crippen molar-refractivity contribution in [3.8, 4) is 11.3 Å². The number of aromatic nitrogens is 1. The minimum atomic E-state index is -3.72. The fourth-order valence-electron chi connectivity index (χ4n) is 2.44. The number of nitrogens with zero attached hydrogens (tertiary/aromatic N) is 1. The molecule has 0 saturated heterocycles. The van der Waals surface area contributed by atoms with Gasteiger partial charge >= 0.3 is 0 Å². The van der Waals surface area contributed by atoms with Gasteiger partial charge in [0.15, 0.2) is 5.76 Å². The summed E-state index contributed by atoms with van der Waals surface area (Å²) < 4.78 is 33.6. The maximum Gasteiger partial charge on any atom is 0.263 e. The van der Waals surface area contributed by atoms with E-state index >= 15 is 0 Å². The predicted molar refractivity (Wildman–Crippen MR) is 91.3 cm³/mol. The summed E-state index contributed by atoms with van der Waals surface area (Å²) in [5, 5.41) is 3.68. The van der Waals surface area contributed by atoms with Gasteiger partial charge in [0.25, 0.3) is 10.0 Å². The lowest BCUT2D eigenvalue weighted by Crippen LogP contribution is -2.14. The molecule has 7 heteroatoms. The van der Waals surface area contributed by atoms with Gasteiger partial charge in [-0.3, -0.25) is 4.72 Å². The van der Waals surface area contributed by atoms with E-state index < -0.39 is 10.0 Å². The van der Waals surface area contributed by atoms with Crippen LogP contribution in [0.3, 0.4) is 0 Å². The molecule has 0 saturated carbocycles. The highest BCUT2D eigenvalue weighted by atomic mass is 32.2. The molecule has 23 heavy (non-hydrogen) atoms. The maximum atomic E-state index is 12.9. The summed E-state index contributed by atoms with van der Waals surface area (Å²) in [5.74, 6) is 0.455. The van der Waals surface area contributed by atoms with Gasteiger partial charge in [-0.25, -0.2) is 8.42 Å². The van der Waals surface area contributed by atoms with Gasteiger partial charge in [0.1, 0.15) is 4.90 Å². The second-order valence-corrected chi connectivity index (χ2v) is 8.31. The molecule has 0 bridgehead atoms. The van der Waals surface area contributed by atoms with Crippen LogP contribution in [0.4, 0.5) is 5.69 Å². The molecule has 0 fully saturated rings. The van der Waals surface area contributed by atoms with E-state index in [4.69, 9.17) is 4.52 Å².